The van der Waals surface area contributed by atoms with Crippen molar-refractivity contribution in [3.05, 3.63) is 0 Å². The van der Waals surface area contributed by atoms with Crippen molar-refractivity contribution in [3.63, 3.8) is 0 Å². The highest BCUT2D eigenvalue weighted by atomic mass is 16.6. The average molecular weight is 270 g/mol. The van der Waals surface area contributed by atoms with Gasteiger partial charge in [-0.05, 0) is 45.4 Å². The molecule has 1 fully saturated rings. The Morgan fingerprint density at radius 1 is 1.21 bits per heavy atom. The van der Waals surface area contributed by atoms with Crippen LogP contribution in [0.3, 0.4) is 0 Å². The van der Waals surface area contributed by atoms with Crippen LogP contribution >= 0.6 is 0 Å². The highest BCUT2D eigenvalue weighted by molar-refractivity contribution is 5.79. The van der Waals surface area contributed by atoms with Gasteiger partial charge < -0.3 is 9.47 Å². The lowest BCUT2D eigenvalue weighted by atomic mass is 9.88. The minimum Gasteiger partial charge on any atom is -0.460 e. The Kier molecular flexibility index (Phi) is 5.83. The van der Waals surface area contributed by atoms with Crippen molar-refractivity contribution < 1.29 is 19.1 Å². The lowest BCUT2D eigenvalue weighted by Crippen LogP contribution is -2.32. The number of hydrogen-bond acceptors (Lipinski definition) is 4. The highest BCUT2D eigenvalue weighted by Crippen LogP contribution is 2.26. The van der Waals surface area contributed by atoms with Gasteiger partial charge in [0.1, 0.15) is 6.10 Å². The molecule has 2 atom stereocenters. The van der Waals surface area contributed by atoms with Crippen LogP contribution in [0.4, 0.5) is 0 Å². The molecule has 1 aliphatic rings. The van der Waals surface area contributed by atoms with E-state index < -0.39 is 11.4 Å². The molecular formula is C15H26O4. The summed E-state index contributed by atoms with van der Waals surface area (Å²) in [5, 5.41) is 0. The van der Waals surface area contributed by atoms with Gasteiger partial charge >= 0.3 is 11.9 Å². The van der Waals surface area contributed by atoms with Gasteiger partial charge in [0.15, 0.2) is 6.61 Å². The van der Waals surface area contributed by atoms with Crippen molar-refractivity contribution in [2.24, 2.45) is 11.3 Å². The summed E-state index contributed by atoms with van der Waals surface area (Å²) >= 11 is 0. The summed E-state index contributed by atoms with van der Waals surface area (Å²) in [6, 6.07) is 0. The quantitative estimate of drug-likeness (QED) is 0.720. The van der Waals surface area contributed by atoms with Crippen molar-refractivity contribution in [1.82, 2.24) is 0 Å². The molecule has 0 spiro atoms. The molecule has 19 heavy (non-hydrogen) atoms. The predicted molar refractivity (Wildman–Crippen MR) is 72.5 cm³/mol. The third-order valence-electron chi connectivity index (χ3n) is 4.07. The topological polar surface area (TPSA) is 52.6 Å². The first-order valence-corrected chi connectivity index (χ1v) is 7.23. The molecule has 0 N–H and O–H groups in total. The zero-order valence-corrected chi connectivity index (χ0v) is 12.5. The van der Waals surface area contributed by atoms with Crippen LogP contribution in [0.2, 0.25) is 0 Å². The molecule has 0 radical (unpaired) electrons. The van der Waals surface area contributed by atoms with Gasteiger partial charge in [-0.25, -0.2) is 4.79 Å². The molecule has 0 heterocycles. The fourth-order valence-electron chi connectivity index (χ4n) is 2.12. The van der Waals surface area contributed by atoms with Gasteiger partial charge in [0.2, 0.25) is 0 Å². The molecule has 4 heteroatoms. The SMILES string of the molecule is CCC(C)(C)C(=O)OCC(=O)OC1CCCCC1C. The number of carbonyl (C=O) groups is 2. The Balaban J connectivity index is 2.33. The number of hydrogen-bond donors (Lipinski definition) is 0. The Labute approximate surface area is 115 Å². The summed E-state index contributed by atoms with van der Waals surface area (Å²) in [5.74, 6) is -0.372. The van der Waals surface area contributed by atoms with Gasteiger partial charge in [-0.3, -0.25) is 4.79 Å². The zero-order chi connectivity index (χ0) is 14.5. The van der Waals surface area contributed by atoms with Crippen LogP contribution in [-0.4, -0.2) is 24.6 Å². The van der Waals surface area contributed by atoms with Crippen LogP contribution < -0.4 is 0 Å². The molecule has 1 rings (SSSR count). The molecule has 0 saturated heterocycles. The van der Waals surface area contributed by atoms with Crippen LogP contribution in [0.25, 0.3) is 0 Å². The van der Waals surface area contributed by atoms with E-state index in [0.717, 1.165) is 19.3 Å². The molecule has 0 aliphatic heterocycles. The smallest absolute Gasteiger partial charge is 0.344 e. The highest BCUT2D eigenvalue weighted by Gasteiger charge is 2.29. The Morgan fingerprint density at radius 2 is 1.84 bits per heavy atom. The van der Waals surface area contributed by atoms with Crippen molar-refractivity contribution >= 4 is 11.9 Å². The van der Waals surface area contributed by atoms with Crippen LogP contribution in [0.1, 0.15) is 59.8 Å². The monoisotopic (exact) mass is 270 g/mol. The van der Waals surface area contributed by atoms with E-state index in [-0.39, 0.29) is 18.7 Å². The molecule has 0 bridgehead atoms. The maximum atomic E-state index is 11.7. The van der Waals surface area contributed by atoms with E-state index in [0.29, 0.717) is 12.3 Å². The van der Waals surface area contributed by atoms with E-state index in [2.05, 4.69) is 6.92 Å². The summed E-state index contributed by atoms with van der Waals surface area (Å²) in [5.41, 5.74) is -0.543. The van der Waals surface area contributed by atoms with Crippen molar-refractivity contribution in [1.29, 1.82) is 0 Å². The van der Waals surface area contributed by atoms with Crippen LogP contribution in [0.5, 0.6) is 0 Å². The van der Waals surface area contributed by atoms with Gasteiger partial charge in [0.05, 0.1) is 5.41 Å². The minimum atomic E-state index is -0.543. The largest absolute Gasteiger partial charge is 0.460 e. The second-order valence-corrected chi connectivity index (χ2v) is 6.10. The molecule has 4 nitrogen and oxygen atoms in total. The number of rotatable bonds is 5. The standard InChI is InChI=1S/C15H26O4/c1-5-15(3,4)14(17)18-10-13(16)19-12-9-7-6-8-11(12)2/h11-12H,5-10H2,1-4H3. The Hall–Kier alpha value is -1.06. The first-order valence-electron chi connectivity index (χ1n) is 7.23. The number of carbonyl (C=O) groups excluding carboxylic acids is 2. The molecule has 1 saturated carbocycles. The Bertz CT molecular complexity index is 322. The van der Waals surface area contributed by atoms with Gasteiger partial charge in [-0.15, -0.1) is 0 Å². The van der Waals surface area contributed by atoms with Crippen LogP contribution in [0, 0.1) is 11.3 Å². The first kappa shape index (κ1) is 16.0. The second kappa shape index (κ2) is 6.92. The van der Waals surface area contributed by atoms with E-state index in [1.165, 1.54) is 6.42 Å². The zero-order valence-electron chi connectivity index (χ0n) is 12.5. The van der Waals surface area contributed by atoms with Crippen LogP contribution in [0.15, 0.2) is 0 Å². The summed E-state index contributed by atoms with van der Waals surface area (Å²) in [7, 11) is 0. The predicted octanol–water partition coefficient (Wildman–Crippen LogP) is 3.09. The second-order valence-electron chi connectivity index (χ2n) is 6.10. The average Bonchev–Trinajstić information content (AvgIpc) is 2.38. The summed E-state index contributed by atoms with van der Waals surface area (Å²) in [6.07, 6.45) is 4.99. The van der Waals surface area contributed by atoms with E-state index in [1.807, 2.05) is 20.8 Å². The lowest BCUT2D eigenvalue weighted by molar-refractivity contribution is -0.169. The van der Waals surface area contributed by atoms with E-state index in [1.54, 1.807) is 0 Å². The molecule has 110 valence electrons. The number of ether oxygens (including phenoxy) is 2. The summed E-state index contributed by atoms with van der Waals surface area (Å²) in [4.78, 5) is 23.4. The normalized spacial score (nSPS) is 23.8. The van der Waals surface area contributed by atoms with Crippen molar-refractivity contribution in [3.8, 4) is 0 Å². The Morgan fingerprint density at radius 3 is 2.42 bits per heavy atom. The fraction of sp³-hybridized carbons (Fsp3) is 0.867. The van der Waals surface area contributed by atoms with Gasteiger partial charge in [-0.1, -0.05) is 20.3 Å². The molecular weight excluding hydrogens is 244 g/mol. The molecule has 0 aromatic rings. The van der Waals surface area contributed by atoms with E-state index in [9.17, 15) is 9.59 Å². The van der Waals surface area contributed by atoms with Gasteiger partial charge in [0, 0.05) is 0 Å². The molecule has 0 aromatic heterocycles. The van der Waals surface area contributed by atoms with E-state index in [4.69, 9.17) is 9.47 Å². The fourth-order valence-corrected chi connectivity index (χ4v) is 2.12. The minimum absolute atomic E-state index is 0.0147. The lowest BCUT2D eigenvalue weighted by Gasteiger charge is -2.28. The molecule has 0 amide bonds. The summed E-state index contributed by atoms with van der Waals surface area (Å²) in [6.45, 7) is 7.37. The maximum absolute atomic E-state index is 11.7. The van der Waals surface area contributed by atoms with Crippen molar-refractivity contribution in [2.45, 2.75) is 65.9 Å². The molecule has 0 aromatic carbocycles. The third kappa shape index (κ3) is 4.84. The van der Waals surface area contributed by atoms with Gasteiger partial charge in [-0.2, -0.15) is 0 Å². The van der Waals surface area contributed by atoms with Crippen LogP contribution in [-0.2, 0) is 19.1 Å². The summed E-state index contributed by atoms with van der Waals surface area (Å²) < 4.78 is 10.4. The number of esters is 2. The van der Waals surface area contributed by atoms with Gasteiger partial charge in [0.25, 0.3) is 0 Å². The van der Waals surface area contributed by atoms with Crippen molar-refractivity contribution in [2.75, 3.05) is 6.61 Å². The third-order valence-corrected chi connectivity index (χ3v) is 4.07. The van der Waals surface area contributed by atoms with E-state index >= 15 is 0 Å². The first-order chi connectivity index (χ1) is 8.86. The maximum Gasteiger partial charge on any atom is 0.344 e. The molecule has 1 aliphatic carbocycles. The molecule has 2 unspecified atom stereocenters.